The summed E-state index contributed by atoms with van der Waals surface area (Å²) in [5, 5.41) is 3.06. The first kappa shape index (κ1) is 15.3. The van der Waals surface area contributed by atoms with Crippen LogP contribution in [0.5, 0.6) is 5.75 Å². The highest BCUT2D eigenvalue weighted by Crippen LogP contribution is 2.33. The van der Waals surface area contributed by atoms with E-state index in [9.17, 15) is 8.42 Å². The van der Waals surface area contributed by atoms with E-state index >= 15 is 0 Å². The molecular weight excluding hydrogens is 274 g/mol. The average Bonchev–Trinajstić information content (AvgIpc) is 2.48. The lowest BCUT2D eigenvalue weighted by Crippen LogP contribution is -2.39. The maximum Gasteiger partial charge on any atom is 0.184 e. The van der Waals surface area contributed by atoms with Crippen molar-refractivity contribution in [3.05, 3.63) is 24.3 Å². The number of nitrogens with one attached hydrogen (secondary N) is 1. The molecule has 1 aliphatic carbocycles. The van der Waals surface area contributed by atoms with Crippen LogP contribution in [0.4, 0.5) is 0 Å². The number of rotatable bonds is 5. The Labute approximate surface area is 121 Å². The summed E-state index contributed by atoms with van der Waals surface area (Å²) in [7, 11) is -1.81. The molecule has 1 fully saturated rings. The van der Waals surface area contributed by atoms with Crippen LogP contribution in [-0.4, -0.2) is 33.4 Å². The minimum absolute atomic E-state index is 0.309. The number of sulfone groups is 1. The van der Waals surface area contributed by atoms with Gasteiger partial charge in [0, 0.05) is 6.04 Å². The second kappa shape index (κ2) is 6.59. The van der Waals surface area contributed by atoms with Crippen LogP contribution in [0.25, 0.3) is 0 Å². The highest BCUT2D eigenvalue weighted by molar-refractivity contribution is 7.92. The van der Waals surface area contributed by atoms with Crippen molar-refractivity contribution in [2.24, 2.45) is 0 Å². The molecule has 0 aliphatic heterocycles. The first-order chi connectivity index (χ1) is 9.59. The van der Waals surface area contributed by atoms with Crippen molar-refractivity contribution in [1.29, 1.82) is 0 Å². The van der Waals surface area contributed by atoms with Crippen LogP contribution < -0.4 is 10.1 Å². The van der Waals surface area contributed by atoms with Gasteiger partial charge in [0.1, 0.15) is 10.6 Å². The number of benzene rings is 1. The summed E-state index contributed by atoms with van der Waals surface area (Å²) in [6.45, 7) is 2.93. The normalized spacial score (nSPS) is 23.5. The Kier molecular flexibility index (Phi) is 5.05. The third kappa shape index (κ3) is 3.15. The highest BCUT2D eigenvalue weighted by Gasteiger charge is 2.34. The third-order valence-corrected chi connectivity index (χ3v) is 6.19. The molecule has 112 valence electrons. The fourth-order valence-corrected chi connectivity index (χ4v) is 4.96. The van der Waals surface area contributed by atoms with Crippen LogP contribution in [-0.2, 0) is 9.84 Å². The molecule has 2 atom stereocenters. The topological polar surface area (TPSA) is 55.4 Å². The smallest absolute Gasteiger partial charge is 0.184 e. The van der Waals surface area contributed by atoms with Crippen LogP contribution in [0, 0.1) is 0 Å². The molecular formula is C15H23NO3S. The Morgan fingerprint density at radius 1 is 1.30 bits per heavy atom. The second-order valence-corrected chi connectivity index (χ2v) is 7.44. The van der Waals surface area contributed by atoms with Crippen LogP contribution >= 0.6 is 0 Å². The number of hydrogen-bond acceptors (Lipinski definition) is 4. The van der Waals surface area contributed by atoms with E-state index in [1.165, 1.54) is 7.11 Å². The lowest BCUT2D eigenvalue weighted by molar-refractivity contribution is 0.374. The molecule has 1 saturated carbocycles. The van der Waals surface area contributed by atoms with Crippen molar-refractivity contribution in [2.45, 2.75) is 48.8 Å². The summed E-state index contributed by atoms with van der Waals surface area (Å²) in [5.74, 6) is 0.443. The van der Waals surface area contributed by atoms with E-state index in [0.29, 0.717) is 23.1 Å². The van der Waals surface area contributed by atoms with E-state index in [2.05, 4.69) is 12.2 Å². The summed E-state index contributed by atoms with van der Waals surface area (Å²) < 4.78 is 30.8. The molecule has 5 heteroatoms. The second-order valence-electron chi connectivity index (χ2n) is 5.24. The Hall–Kier alpha value is -1.07. The maximum absolute atomic E-state index is 12.8. The molecule has 2 rings (SSSR count). The number of para-hydroxylation sites is 1. The molecule has 0 aromatic heterocycles. The van der Waals surface area contributed by atoms with Gasteiger partial charge in [-0.25, -0.2) is 8.42 Å². The zero-order valence-electron chi connectivity index (χ0n) is 12.1. The molecule has 20 heavy (non-hydrogen) atoms. The monoisotopic (exact) mass is 297 g/mol. The Bertz CT molecular complexity index is 540. The molecule has 0 radical (unpaired) electrons. The van der Waals surface area contributed by atoms with Crippen molar-refractivity contribution in [3.8, 4) is 5.75 Å². The Balaban J connectivity index is 2.25. The first-order valence-electron chi connectivity index (χ1n) is 7.20. The minimum Gasteiger partial charge on any atom is -0.495 e. The lowest BCUT2D eigenvalue weighted by Gasteiger charge is -2.29. The zero-order valence-corrected chi connectivity index (χ0v) is 12.9. The number of hydrogen-bond donors (Lipinski definition) is 1. The molecule has 0 spiro atoms. The summed E-state index contributed by atoms with van der Waals surface area (Å²) in [4.78, 5) is 0.324. The van der Waals surface area contributed by atoms with E-state index in [1.54, 1.807) is 24.3 Å². The van der Waals surface area contributed by atoms with Crippen molar-refractivity contribution in [2.75, 3.05) is 13.7 Å². The van der Waals surface area contributed by atoms with Crippen LogP contribution in [0.2, 0.25) is 0 Å². The molecule has 0 saturated heterocycles. The maximum atomic E-state index is 12.8. The largest absolute Gasteiger partial charge is 0.495 e. The molecule has 1 aromatic rings. The summed E-state index contributed by atoms with van der Waals surface area (Å²) in [5.41, 5.74) is 0. The fourth-order valence-electron chi connectivity index (χ4n) is 2.93. The quantitative estimate of drug-likeness (QED) is 0.906. The minimum atomic E-state index is -3.32. The standard InChI is InChI=1S/C15H23NO3S/c1-3-16-12-7-6-8-13(11-12)20(17,18)15-10-5-4-9-14(15)19-2/h4-5,9-10,12-13,16H,3,6-8,11H2,1-2H3. The summed E-state index contributed by atoms with van der Waals surface area (Å²) >= 11 is 0. The molecule has 4 nitrogen and oxygen atoms in total. The highest BCUT2D eigenvalue weighted by atomic mass is 32.2. The van der Waals surface area contributed by atoms with Gasteiger partial charge in [-0.2, -0.15) is 0 Å². The molecule has 1 N–H and O–H groups in total. The predicted molar refractivity (Wildman–Crippen MR) is 79.9 cm³/mol. The zero-order chi connectivity index (χ0) is 14.6. The van der Waals surface area contributed by atoms with Crippen molar-refractivity contribution in [3.63, 3.8) is 0 Å². The average molecular weight is 297 g/mol. The summed E-state index contributed by atoms with van der Waals surface area (Å²) in [6, 6.07) is 7.20. The summed E-state index contributed by atoms with van der Waals surface area (Å²) in [6.07, 6.45) is 3.44. The van der Waals surface area contributed by atoms with E-state index in [0.717, 1.165) is 25.8 Å². The van der Waals surface area contributed by atoms with E-state index < -0.39 is 9.84 Å². The van der Waals surface area contributed by atoms with Crippen LogP contribution in [0.3, 0.4) is 0 Å². The Morgan fingerprint density at radius 2 is 2.05 bits per heavy atom. The van der Waals surface area contributed by atoms with E-state index in [1.807, 2.05) is 0 Å². The molecule has 1 aliphatic rings. The van der Waals surface area contributed by atoms with Gasteiger partial charge < -0.3 is 10.1 Å². The van der Waals surface area contributed by atoms with Gasteiger partial charge in [-0.3, -0.25) is 0 Å². The van der Waals surface area contributed by atoms with Crippen molar-refractivity contribution < 1.29 is 13.2 Å². The number of methoxy groups -OCH3 is 1. The lowest BCUT2D eigenvalue weighted by atomic mass is 9.95. The van der Waals surface area contributed by atoms with Crippen LogP contribution in [0.15, 0.2) is 29.2 Å². The van der Waals surface area contributed by atoms with Gasteiger partial charge in [-0.05, 0) is 37.9 Å². The first-order valence-corrected chi connectivity index (χ1v) is 8.74. The molecule has 0 amide bonds. The van der Waals surface area contributed by atoms with Gasteiger partial charge in [-0.15, -0.1) is 0 Å². The van der Waals surface area contributed by atoms with Crippen molar-refractivity contribution >= 4 is 9.84 Å². The van der Waals surface area contributed by atoms with Gasteiger partial charge >= 0.3 is 0 Å². The molecule has 0 heterocycles. The van der Waals surface area contributed by atoms with Crippen molar-refractivity contribution in [1.82, 2.24) is 5.32 Å². The third-order valence-electron chi connectivity index (χ3n) is 3.93. The molecule has 1 aromatic carbocycles. The van der Waals surface area contributed by atoms with Crippen LogP contribution in [0.1, 0.15) is 32.6 Å². The van der Waals surface area contributed by atoms with Gasteiger partial charge in [-0.1, -0.05) is 25.5 Å². The van der Waals surface area contributed by atoms with Gasteiger partial charge in [0.05, 0.1) is 12.4 Å². The van der Waals surface area contributed by atoms with E-state index in [4.69, 9.17) is 4.74 Å². The van der Waals surface area contributed by atoms with Gasteiger partial charge in [0.25, 0.3) is 0 Å². The van der Waals surface area contributed by atoms with Gasteiger partial charge in [0.15, 0.2) is 9.84 Å². The molecule has 0 bridgehead atoms. The fraction of sp³-hybridized carbons (Fsp3) is 0.600. The predicted octanol–water partition coefficient (Wildman–Crippen LogP) is 2.39. The SMILES string of the molecule is CCNC1CCCC(S(=O)(=O)c2ccccc2OC)C1. The number of ether oxygens (including phenoxy) is 1. The van der Waals surface area contributed by atoms with Gasteiger partial charge in [0.2, 0.25) is 0 Å². The van der Waals surface area contributed by atoms with E-state index in [-0.39, 0.29) is 5.25 Å². The molecule has 2 unspecified atom stereocenters. The Morgan fingerprint density at radius 3 is 2.75 bits per heavy atom.